The van der Waals surface area contributed by atoms with Crippen molar-refractivity contribution in [2.45, 2.75) is 0 Å². The van der Waals surface area contributed by atoms with Crippen LogP contribution >= 0.6 is 0 Å². The average molecular weight is 210 g/mol. The van der Waals surface area contributed by atoms with E-state index in [2.05, 4.69) is 16.3 Å². The molecule has 0 fully saturated rings. The van der Waals surface area contributed by atoms with E-state index in [9.17, 15) is 5.11 Å². The van der Waals surface area contributed by atoms with Gasteiger partial charge in [0.25, 0.3) is 0 Å². The van der Waals surface area contributed by atoms with Crippen molar-refractivity contribution in [2.24, 2.45) is 0 Å². The molecule has 0 aliphatic rings. The molecule has 3 heteroatoms. The number of fused-ring (bicyclic) bond motifs is 1. The fraction of sp³-hybridized carbons (Fsp3) is 0. The van der Waals surface area contributed by atoms with Crippen LogP contribution in [0.5, 0.6) is 5.75 Å². The Balaban J connectivity index is 2.14. The van der Waals surface area contributed by atoms with Crippen molar-refractivity contribution in [3.63, 3.8) is 0 Å². The Morgan fingerprint density at radius 1 is 0.938 bits per heavy atom. The predicted molar refractivity (Wildman–Crippen MR) is 63.2 cm³/mol. The summed E-state index contributed by atoms with van der Waals surface area (Å²) in [7, 11) is 0. The monoisotopic (exact) mass is 210 g/mol. The van der Waals surface area contributed by atoms with Gasteiger partial charge in [0.05, 0.1) is 11.7 Å². The van der Waals surface area contributed by atoms with Gasteiger partial charge in [-0.3, -0.25) is 5.10 Å². The first kappa shape index (κ1) is 8.97. The first-order valence-electron chi connectivity index (χ1n) is 5.05. The summed E-state index contributed by atoms with van der Waals surface area (Å²) in [6.07, 6.45) is 1.80. The van der Waals surface area contributed by atoms with Gasteiger partial charge in [-0.15, -0.1) is 0 Å². The normalized spacial score (nSPS) is 10.8. The number of nitrogens with one attached hydrogen (secondary N) is 1. The Hall–Kier alpha value is -2.29. The minimum Gasteiger partial charge on any atom is -0.508 e. The molecule has 0 saturated heterocycles. The zero-order chi connectivity index (χ0) is 11.0. The number of benzene rings is 2. The number of aromatic nitrogens is 2. The van der Waals surface area contributed by atoms with E-state index in [1.165, 1.54) is 0 Å². The molecule has 0 spiro atoms. The van der Waals surface area contributed by atoms with E-state index in [0.717, 1.165) is 22.0 Å². The molecule has 3 aromatic rings. The maximum Gasteiger partial charge on any atom is 0.115 e. The van der Waals surface area contributed by atoms with E-state index in [1.54, 1.807) is 18.3 Å². The first-order valence-corrected chi connectivity index (χ1v) is 5.05. The van der Waals surface area contributed by atoms with E-state index in [0.29, 0.717) is 0 Å². The molecule has 0 radical (unpaired) electrons. The van der Waals surface area contributed by atoms with Crippen LogP contribution in [0.4, 0.5) is 0 Å². The van der Waals surface area contributed by atoms with Gasteiger partial charge >= 0.3 is 0 Å². The van der Waals surface area contributed by atoms with Gasteiger partial charge in [0, 0.05) is 5.39 Å². The van der Waals surface area contributed by atoms with Crippen molar-refractivity contribution in [1.82, 2.24) is 10.2 Å². The second-order valence-electron chi connectivity index (χ2n) is 3.72. The van der Waals surface area contributed by atoms with Crippen molar-refractivity contribution in [3.05, 3.63) is 48.7 Å². The van der Waals surface area contributed by atoms with Crippen LogP contribution in [0.3, 0.4) is 0 Å². The fourth-order valence-electron chi connectivity index (χ4n) is 1.78. The zero-order valence-corrected chi connectivity index (χ0v) is 8.51. The summed E-state index contributed by atoms with van der Waals surface area (Å²) < 4.78 is 0. The highest BCUT2D eigenvalue weighted by molar-refractivity contribution is 5.84. The number of phenolic OH excluding ortho intramolecular Hbond substituents is 1. The second kappa shape index (κ2) is 3.38. The maximum atomic E-state index is 9.23. The van der Waals surface area contributed by atoms with E-state index < -0.39 is 0 Å². The lowest BCUT2D eigenvalue weighted by Crippen LogP contribution is -1.77. The molecule has 0 aliphatic carbocycles. The van der Waals surface area contributed by atoms with Crippen LogP contribution in [0.15, 0.2) is 48.7 Å². The number of nitrogens with zero attached hydrogens (tertiary/aromatic N) is 1. The molecular weight excluding hydrogens is 200 g/mol. The molecule has 0 amide bonds. The van der Waals surface area contributed by atoms with Gasteiger partial charge in [0.15, 0.2) is 0 Å². The van der Waals surface area contributed by atoms with Crippen LogP contribution in [0.25, 0.3) is 22.0 Å². The Morgan fingerprint density at radius 2 is 1.69 bits per heavy atom. The van der Waals surface area contributed by atoms with Crippen LogP contribution < -0.4 is 0 Å². The Bertz CT molecular complexity index is 626. The highest BCUT2D eigenvalue weighted by Gasteiger charge is 2.00. The lowest BCUT2D eigenvalue weighted by Gasteiger charge is -2.01. The SMILES string of the molecule is Oc1ccc(-c2ccc3[nH]ncc3c2)cc1. The molecule has 2 aromatic carbocycles. The number of H-pyrrole nitrogens is 1. The topological polar surface area (TPSA) is 48.9 Å². The number of phenols is 1. The summed E-state index contributed by atoms with van der Waals surface area (Å²) in [4.78, 5) is 0. The summed E-state index contributed by atoms with van der Waals surface area (Å²) in [5, 5.41) is 17.2. The van der Waals surface area contributed by atoms with Crippen LogP contribution in [0, 0.1) is 0 Å². The molecule has 0 saturated carbocycles. The fourth-order valence-corrected chi connectivity index (χ4v) is 1.78. The molecule has 1 heterocycles. The summed E-state index contributed by atoms with van der Waals surface area (Å²) in [5.74, 6) is 0.285. The zero-order valence-electron chi connectivity index (χ0n) is 8.51. The molecule has 2 N–H and O–H groups in total. The number of aromatic amines is 1. The van der Waals surface area contributed by atoms with Gasteiger partial charge in [-0.05, 0) is 35.4 Å². The lowest BCUT2D eigenvalue weighted by atomic mass is 10.0. The average Bonchev–Trinajstić information content (AvgIpc) is 2.77. The van der Waals surface area contributed by atoms with Gasteiger partial charge < -0.3 is 5.11 Å². The molecule has 0 bridgehead atoms. The van der Waals surface area contributed by atoms with Gasteiger partial charge in [-0.2, -0.15) is 5.10 Å². The third-order valence-corrected chi connectivity index (χ3v) is 2.64. The number of hydrogen-bond acceptors (Lipinski definition) is 2. The van der Waals surface area contributed by atoms with Crippen molar-refractivity contribution in [3.8, 4) is 16.9 Å². The number of aromatic hydroxyl groups is 1. The quantitative estimate of drug-likeness (QED) is 0.648. The number of hydrogen-bond donors (Lipinski definition) is 2. The van der Waals surface area contributed by atoms with Gasteiger partial charge in [0.1, 0.15) is 5.75 Å². The molecular formula is C13H10N2O. The molecule has 3 rings (SSSR count). The molecule has 78 valence electrons. The van der Waals surface area contributed by atoms with Crippen LogP contribution in [-0.4, -0.2) is 15.3 Å². The Labute approximate surface area is 92.4 Å². The van der Waals surface area contributed by atoms with Crippen LogP contribution in [-0.2, 0) is 0 Å². The summed E-state index contributed by atoms with van der Waals surface area (Å²) in [5.41, 5.74) is 3.23. The van der Waals surface area contributed by atoms with Crippen molar-refractivity contribution < 1.29 is 5.11 Å². The Kier molecular flexibility index (Phi) is 1.90. The highest BCUT2D eigenvalue weighted by atomic mass is 16.3. The largest absolute Gasteiger partial charge is 0.508 e. The molecule has 0 atom stereocenters. The first-order chi connectivity index (χ1) is 7.83. The van der Waals surface area contributed by atoms with Gasteiger partial charge in [-0.1, -0.05) is 18.2 Å². The number of rotatable bonds is 1. The summed E-state index contributed by atoms with van der Waals surface area (Å²) in [6.45, 7) is 0. The van der Waals surface area contributed by atoms with Crippen LogP contribution in [0.2, 0.25) is 0 Å². The maximum absolute atomic E-state index is 9.23. The lowest BCUT2D eigenvalue weighted by molar-refractivity contribution is 0.475. The van der Waals surface area contributed by atoms with Crippen molar-refractivity contribution in [2.75, 3.05) is 0 Å². The molecule has 16 heavy (non-hydrogen) atoms. The molecule has 1 aromatic heterocycles. The van der Waals surface area contributed by atoms with E-state index in [-0.39, 0.29) is 5.75 Å². The van der Waals surface area contributed by atoms with Crippen LogP contribution in [0.1, 0.15) is 0 Å². The molecule has 0 unspecified atom stereocenters. The summed E-state index contributed by atoms with van der Waals surface area (Å²) >= 11 is 0. The van der Waals surface area contributed by atoms with Gasteiger partial charge in [0.2, 0.25) is 0 Å². The third kappa shape index (κ3) is 1.42. The van der Waals surface area contributed by atoms with Gasteiger partial charge in [-0.25, -0.2) is 0 Å². The Morgan fingerprint density at radius 3 is 2.50 bits per heavy atom. The van der Waals surface area contributed by atoms with E-state index >= 15 is 0 Å². The minimum absolute atomic E-state index is 0.285. The summed E-state index contributed by atoms with van der Waals surface area (Å²) in [6, 6.07) is 13.3. The van der Waals surface area contributed by atoms with E-state index in [1.807, 2.05) is 24.3 Å². The van der Waals surface area contributed by atoms with Crippen molar-refractivity contribution in [1.29, 1.82) is 0 Å². The predicted octanol–water partition coefficient (Wildman–Crippen LogP) is 2.94. The molecule has 0 aliphatic heterocycles. The second-order valence-corrected chi connectivity index (χ2v) is 3.72. The van der Waals surface area contributed by atoms with E-state index in [4.69, 9.17) is 0 Å². The molecule has 3 nitrogen and oxygen atoms in total. The van der Waals surface area contributed by atoms with Crippen molar-refractivity contribution >= 4 is 10.9 Å². The highest BCUT2D eigenvalue weighted by Crippen LogP contribution is 2.24. The smallest absolute Gasteiger partial charge is 0.115 e. The third-order valence-electron chi connectivity index (χ3n) is 2.64. The standard InChI is InChI=1S/C13H10N2O/c16-12-4-1-9(2-5-12)10-3-6-13-11(7-10)8-14-15-13/h1-8,16H,(H,14,15). The minimum atomic E-state index is 0.285.